The summed E-state index contributed by atoms with van der Waals surface area (Å²) in [6, 6.07) is 3.94. The maximum atomic E-state index is 12.0. The quantitative estimate of drug-likeness (QED) is 0.872. The van der Waals surface area contributed by atoms with Gasteiger partial charge < -0.3 is 19.9 Å². The Morgan fingerprint density at radius 2 is 2.05 bits per heavy atom. The summed E-state index contributed by atoms with van der Waals surface area (Å²) in [6.45, 7) is 4.72. The number of hydrogen-bond acceptors (Lipinski definition) is 5. The fraction of sp³-hybridized carbons (Fsp3) is 0.500. The molecule has 2 amide bonds. The van der Waals surface area contributed by atoms with Gasteiger partial charge in [-0.2, -0.15) is 0 Å². The van der Waals surface area contributed by atoms with Crippen molar-refractivity contribution in [1.82, 2.24) is 15.2 Å². The van der Waals surface area contributed by atoms with Crippen molar-refractivity contribution >= 4 is 17.8 Å². The third-order valence-corrected chi connectivity index (χ3v) is 3.48. The molecule has 0 unspecified atom stereocenters. The zero-order valence-electron chi connectivity index (χ0n) is 12.3. The van der Waals surface area contributed by atoms with E-state index < -0.39 is 6.09 Å². The van der Waals surface area contributed by atoms with Crippen LogP contribution in [0.1, 0.15) is 5.56 Å². The number of amides is 2. The molecule has 7 heteroatoms. The standard InChI is InChI=1S/C14H20N4O3/c1-11-4-3-5-15-13(11)18-8-6-17(7-9-18)12(19)10-16-14(20)21-2/h3-5H,6-10H2,1-2H3,(H,16,20). The summed E-state index contributed by atoms with van der Waals surface area (Å²) in [7, 11) is 1.27. The predicted octanol–water partition coefficient (Wildman–Crippen LogP) is 0.395. The van der Waals surface area contributed by atoms with E-state index in [1.165, 1.54) is 7.11 Å². The SMILES string of the molecule is COC(=O)NCC(=O)N1CCN(c2ncccc2C)CC1. The van der Waals surface area contributed by atoms with E-state index in [1.54, 1.807) is 11.1 Å². The van der Waals surface area contributed by atoms with Crippen molar-refractivity contribution in [2.24, 2.45) is 0 Å². The highest BCUT2D eigenvalue weighted by Gasteiger charge is 2.22. The van der Waals surface area contributed by atoms with Gasteiger partial charge in [-0.05, 0) is 18.6 Å². The van der Waals surface area contributed by atoms with Gasteiger partial charge in [0, 0.05) is 32.4 Å². The number of nitrogens with zero attached hydrogens (tertiary/aromatic N) is 3. The number of aromatic nitrogens is 1. The van der Waals surface area contributed by atoms with Gasteiger partial charge in [0.1, 0.15) is 12.4 Å². The summed E-state index contributed by atoms with van der Waals surface area (Å²) in [5, 5.41) is 2.40. The molecule has 1 aliphatic rings. The van der Waals surface area contributed by atoms with Crippen LogP contribution in [0.5, 0.6) is 0 Å². The fourth-order valence-electron chi connectivity index (χ4n) is 2.31. The Bertz CT molecular complexity index is 513. The summed E-state index contributed by atoms with van der Waals surface area (Å²) in [5.74, 6) is 0.870. The van der Waals surface area contributed by atoms with Crippen LogP contribution in [0.15, 0.2) is 18.3 Å². The van der Waals surface area contributed by atoms with E-state index in [1.807, 2.05) is 19.1 Å². The normalized spacial score (nSPS) is 14.8. The van der Waals surface area contributed by atoms with Crippen molar-refractivity contribution in [2.75, 3.05) is 44.7 Å². The van der Waals surface area contributed by atoms with E-state index in [4.69, 9.17) is 0 Å². The lowest BCUT2D eigenvalue weighted by Crippen LogP contribution is -2.51. The highest BCUT2D eigenvalue weighted by Crippen LogP contribution is 2.17. The van der Waals surface area contributed by atoms with Gasteiger partial charge >= 0.3 is 6.09 Å². The number of rotatable bonds is 3. The summed E-state index contributed by atoms with van der Waals surface area (Å²) in [5.41, 5.74) is 1.13. The lowest BCUT2D eigenvalue weighted by Gasteiger charge is -2.36. The number of carbonyl (C=O) groups excluding carboxylic acids is 2. The Balaban J connectivity index is 1.84. The molecule has 0 atom stereocenters. The summed E-state index contributed by atoms with van der Waals surface area (Å²) in [4.78, 5) is 31.2. The second-order valence-electron chi connectivity index (χ2n) is 4.86. The molecule has 1 aromatic heterocycles. The van der Waals surface area contributed by atoms with Gasteiger partial charge in [0.2, 0.25) is 5.91 Å². The largest absolute Gasteiger partial charge is 0.453 e. The molecular weight excluding hydrogens is 272 g/mol. The van der Waals surface area contributed by atoms with Crippen molar-refractivity contribution in [3.63, 3.8) is 0 Å². The second kappa shape index (κ2) is 6.92. The van der Waals surface area contributed by atoms with Crippen LogP contribution < -0.4 is 10.2 Å². The van der Waals surface area contributed by atoms with Crippen LogP contribution in [-0.4, -0.2) is 61.7 Å². The number of alkyl carbamates (subject to hydrolysis) is 1. The number of carbonyl (C=O) groups is 2. The molecule has 0 spiro atoms. The Labute approximate surface area is 123 Å². The first-order valence-corrected chi connectivity index (χ1v) is 6.88. The molecule has 0 bridgehead atoms. The lowest BCUT2D eigenvalue weighted by molar-refractivity contribution is -0.130. The average Bonchev–Trinajstić information content (AvgIpc) is 2.53. The van der Waals surface area contributed by atoms with E-state index in [-0.39, 0.29) is 12.5 Å². The minimum Gasteiger partial charge on any atom is -0.453 e. The number of nitrogens with one attached hydrogen (secondary N) is 1. The first kappa shape index (κ1) is 15.1. The van der Waals surface area contributed by atoms with Crippen LogP contribution in [0.25, 0.3) is 0 Å². The number of pyridine rings is 1. The monoisotopic (exact) mass is 292 g/mol. The molecule has 1 N–H and O–H groups in total. The molecule has 1 aromatic rings. The molecule has 0 radical (unpaired) electrons. The Hall–Kier alpha value is -2.31. The zero-order chi connectivity index (χ0) is 15.2. The molecule has 0 aromatic carbocycles. The van der Waals surface area contributed by atoms with E-state index in [0.29, 0.717) is 13.1 Å². The minimum atomic E-state index is -0.592. The molecule has 21 heavy (non-hydrogen) atoms. The molecule has 0 aliphatic carbocycles. The number of ether oxygens (including phenoxy) is 1. The third-order valence-electron chi connectivity index (χ3n) is 3.48. The highest BCUT2D eigenvalue weighted by atomic mass is 16.5. The molecule has 7 nitrogen and oxygen atoms in total. The van der Waals surface area contributed by atoms with E-state index in [0.717, 1.165) is 24.5 Å². The molecular formula is C14H20N4O3. The van der Waals surface area contributed by atoms with Gasteiger partial charge in [-0.15, -0.1) is 0 Å². The van der Waals surface area contributed by atoms with Crippen LogP contribution in [0.3, 0.4) is 0 Å². The summed E-state index contributed by atoms with van der Waals surface area (Å²) in [6.07, 6.45) is 1.19. The number of aryl methyl sites for hydroxylation is 1. The first-order valence-electron chi connectivity index (χ1n) is 6.88. The first-order chi connectivity index (χ1) is 10.1. The van der Waals surface area contributed by atoms with Crippen molar-refractivity contribution in [3.8, 4) is 0 Å². The number of hydrogen-bond donors (Lipinski definition) is 1. The van der Waals surface area contributed by atoms with Gasteiger partial charge in [-0.3, -0.25) is 4.79 Å². The van der Waals surface area contributed by atoms with Crippen LogP contribution in [0.2, 0.25) is 0 Å². The van der Waals surface area contributed by atoms with E-state index >= 15 is 0 Å². The zero-order valence-corrected chi connectivity index (χ0v) is 12.3. The van der Waals surface area contributed by atoms with Crippen molar-refractivity contribution in [2.45, 2.75) is 6.92 Å². The Kier molecular flexibility index (Phi) is 4.97. The Morgan fingerprint density at radius 3 is 2.67 bits per heavy atom. The van der Waals surface area contributed by atoms with Crippen molar-refractivity contribution in [1.29, 1.82) is 0 Å². The second-order valence-corrected chi connectivity index (χ2v) is 4.86. The van der Waals surface area contributed by atoms with Gasteiger partial charge in [0.25, 0.3) is 0 Å². The Morgan fingerprint density at radius 1 is 1.33 bits per heavy atom. The van der Waals surface area contributed by atoms with E-state index in [9.17, 15) is 9.59 Å². The minimum absolute atomic E-state index is 0.0325. The molecule has 1 aliphatic heterocycles. The van der Waals surface area contributed by atoms with Gasteiger partial charge in [-0.1, -0.05) is 6.07 Å². The molecule has 2 heterocycles. The van der Waals surface area contributed by atoms with Gasteiger partial charge in [-0.25, -0.2) is 9.78 Å². The molecule has 1 fully saturated rings. The van der Waals surface area contributed by atoms with Crippen LogP contribution in [0, 0.1) is 6.92 Å². The van der Waals surface area contributed by atoms with E-state index in [2.05, 4.69) is 19.9 Å². The van der Waals surface area contributed by atoms with Crippen molar-refractivity contribution < 1.29 is 14.3 Å². The number of piperazine rings is 1. The van der Waals surface area contributed by atoms with Crippen LogP contribution in [0.4, 0.5) is 10.6 Å². The van der Waals surface area contributed by atoms with Crippen LogP contribution >= 0.6 is 0 Å². The van der Waals surface area contributed by atoms with Crippen LogP contribution in [-0.2, 0) is 9.53 Å². The fourth-order valence-corrected chi connectivity index (χ4v) is 2.31. The molecule has 2 rings (SSSR count). The molecule has 0 saturated carbocycles. The number of anilines is 1. The maximum Gasteiger partial charge on any atom is 0.407 e. The topological polar surface area (TPSA) is 74.8 Å². The average molecular weight is 292 g/mol. The third kappa shape index (κ3) is 3.84. The lowest BCUT2D eigenvalue weighted by atomic mass is 10.2. The predicted molar refractivity (Wildman–Crippen MR) is 78.2 cm³/mol. The summed E-state index contributed by atoms with van der Waals surface area (Å²) < 4.78 is 4.44. The molecule has 1 saturated heterocycles. The number of methoxy groups -OCH3 is 1. The maximum absolute atomic E-state index is 12.0. The van der Waals surface area contributed by atoms with Gasteiger partial charge in [0.05, 0.1) is 7.11 Å². The highest BCUT2D eigenvalue weighted by molar-refractivity contribution is 5.82. The van der Waals surface area contributed by atoms with Crippen molar-refractivity contribution in [3.05, 3.63) is 23.9 Å². The molecule has 114 valence electrons. The van der Waals surface area contributed by atoms with Gasteiger partial charge in [0.15, 0.2) is 0 Å². The summed E-state index contributed by atoms with van der Waals surface area (Å²) >= 11 is 0. The smallest absolute Gasteiger partial charge is 0.407 e.